The van der Waals surface area contributed by atoms with Gasteiger partial charge in [0.05, 0.1) is 12.9 Å². The van der Waals surface area contributed by atoms with Gasteiger partial charge in [0.1, 0.15) is 5.37 Å². The van der Waals surface area contributed by atoms with Crippen LogP contribution in [0.5, 0.6) is 11.5 Å². The number of halogens is 2. The minimum Gasteiger partial charge on any atom is -0.493 e. The van der Waals surface area contributed by atoms with E-state index in [1.807, 2.05) is 37.3 Å². The molecule has 3 aromatic carbocycles. The molecule has 1 N–H and O–H groups in total. The highest BCUT2D eigenvalue weighted by Gasteiger charge is 2.34. The summed E-state index contributed by atoms with van der Waals surface area (Å²) in [6.07, 6.45) is 0. The Morgan fingerprint density at radius 1 is 1.09 bits per heavy atom. The van der Waals surface area contributed by atoms with Crippen LogP contribution in [0, 0.1) is 6.92 Å². The number of hydrogen-bond acceptors (Lipinski definition) is 5. The van der Waals surface area contributed by atoms with Crippen molar-refractivity contribution in [3.8, 4) is 11.5 Å². The number of carbonyl (C=O) groups is 2. The van der Waals surface area contributed by atoms with Gasteiger partial charge in [0.2, 0.25) is 5.91 Å². The zero-order valence-electron chi connectivity index (χ0n) is 18.5. The predicted octanol–water partition coefficient (Wildman–Crippen LogP) is 6.11. The van der Waals surface area contributed by atoms with Crippen molar-refractivity contribution in [2.45, 2.75) is 12.3 Å². The number of anilines is 2. The van der Waals surface area contributed by atoms with Crippen molar-refractivity contribution in [3.05, 3.63) is 81.8 Å². The highest BCUT2D eigenvalue weighted by atomic mass is 35.5. The van der Waals surface area contributed by atoms with E-state index in [2.05, 4.69) is 5.32 Å². The van der Waals surface area contributed by atoms with E-state index < -0.39 is 0 Å². The predicted molar refractivity (Wildman–Crippen MR) is 137 cm³/mol. The Morgan fingerprint density at radius 3 is 2.56 bits per heavy atom. The van der Waals surface area contributed by atoms with E-state index in [0.717, 1.165) is 16.8 Å². The number of nitrogens with one attached hydrogen (secondary N) is 1. The van der Waals surface area contributed by atoms with E-state index in [-0.39, 0.29) is 23.8 Å². The molecule has 1 saturated heterocycles. The molecule has 6 nitrogen and oxygen atoms in total. The molecule has 176 valence electrons. The van der Waals surface area contributed by atoms with Gasteiger partial charge in [-0.2, -0.15) is 0 Å². The lowest BCUT2D eigenvalue weighted by atomic mass is 10.1. The van der Waals surface area contributed by atoms with Gasteiger partial charge < -0.3 is 14.8 Å². The summed E-state index contributed by atoms with van der Waals surface area (Å²) in [6.45, 7) is 1.69. The molecule has 0 bridgehead atoms. The highest BCUT2D eigenvalue weighted by Crippen LogP contribution is 2.44. The summed E-state index contributed by atoms with van der Waals surface area (Å²) in [4.78, 5) is 26.7. The first-order valence-corrected chi connectivity index (χ1v) is 12.2. The van der Waals surface area contributed by atoms with E-state index >= 15 is 0 Å². The second kappa shape index (κ2) is 10.6. The molecular weight excluding hydrogens is 495 g/mol. The number of methoxy groups -OCH3 is 1. The monoisotopic (exact) mass is 516 g/mol. The fourth-order valence-electron chi connectivity index (χ4n) is 3.52. The molecule has 1 fully saturated rings. The second-order valence-corrected chi connectivity index (χ2v) is 9.53. The smallest absolute Gasteiger partial charge is 0.262 e. The molecule has 0 aliphatic carbocycles. The first-order chi connectivity index (χ1) is 16.4. The maximum absolute atomic E-state index is 12.6. The zero-order valence-corrected chi connectivity index (χ0v) is 20.8. The van der Waals surface area contributed by atoms with Crippen LogP contribution in [0.3, 0.4) is 0 Å². The molecule has 1 heterocycles. The molecule has 9 heteroatoms. The van der Waals surface area contributed by atoms with Crippen LogP contribution >= 0.6 is 35.0 Å². The number of ether oxygens (including phenoxy) is 2. The number of thioether (sulfide) groups is 1. The van der Waals surface area contributed by atoms with Crippen molar-refractivity contribution in [1.82, 2.24) is 0 Å². The molecule has 34 heavy (non-hydrogen) atoms. The Hall–Kier alpha value is -2.87. The Bertz CT molecular complexity index is 1220. The van der Waals surface area contributed by atoms with Crippen LogP contribution in [0.4, 0.5) is 11.4 Å². The summed E-state index contributed by atoms with van der Waals surface area (Å²) in [7, 11) is 1.53. The maximum Gasteiger partial charge on any atom is 0.262 e. The lowest BCUT2D eigenvalue weighted by molar-refractivity contribution is -0.118. The standard InChI is InChI=1S/C25H22Cl2N2O4S/c1-15-3-7-18(12-20(15)27)28-23(30)13-33-21-10-4-16(11-22(21)32-2)25-29(24(31)14-34-25)19-8-5-17(26)6-9-19/h3-12,25H,13-14H2,1-2H3,(H,28,30)/t25-/m1/s1. The van der Waals surface area contributed by atoms with Gasteiger partial charge in [-0.15, -0.1) is 11.8 Å². The van der Waals surface area contributed by atoms with Crippen molar-refractivity contribution in [2.75, 3.05) is 29.7 Å². The summed E-state index contributed by atoms with van der Waals surface area (Å²) < 4.78 is 11.2. The second-order valence-electron chi connectivity index (χ2n) is 7.61. The molecule has 1 atom stereocenters. The number of hydrogen-bond donors (Lipinski definition) is 1. The normalized spacial score (nSPS) is 15.4. The average molecular weight is 517 g/mol. The number of aryl methyl sites for hydroxylation is 1. The Labute approximate surface area is 212 Å². The number of nitrogens with zero attached hydrogens (tertiary/aromatic N) is 1. The van der Waals surface area contributed by atoms with E-state index in [1.165, 1.54) is 18.9 Å². The van der Waals surface area contributed by atoms with Crippen molar-refractivity contribution >= 4 is 58.2 Å². The molecule has 3 aromatic rings. The molecule has 0 radical (unpaired) electrons. The Morgan fingerprint density at radius 2 is 1.85 bits per heavy atom. The summed E-state index contributed by atoms with van der Waals surface area (Å²) in [5.41, 5.74) is 3.18. The largest absolute Gasteiger partial charge is 0.493 e. The molecule has 0 unspecified atom stereocenters. The summed E-state index contributed by atoms with van der Waals surface area (Å²) >= 11 is 13.6. The van der Waals surface area contributed by atoms with Gasteiger partial charge in [0, 0.05) is 21.4 Å². The molecule has 1 aliphatic heterocycles. The minimum absolute atomic E-state index is 0.0181. The van der Waals surface area contributed by atoms with Gasteiger partial charge >= 0.3 is 0 Å². The van der Waals surface area contributed by atoms with Gasteiger partial charge in [-0.25, -0.2) is 0 Å². The van der Waals surface area contributed by atoms with Crippen LogP contribution in [0.2, 0.25) is 10.0 Å². The number of benzene rings is 3. The lowest BCUT2D eigenvalue weighted by Gasteiger charge is -2.25. The highest BCUT2D eigenvalue weighted by molar-refractivity contribution is 8.00. The minimum atomic E-state index is -0.322. The van der Waals surface area contributed by atoms with Crippen molar-refractivity contribution in [2.24, 2.45) is 0 Å². The average Bonchev–Trinajstić information content (AvgIpc) is 3.22. The van der Waals surface area contributed by atoms with Crippen LogP contribution in [0.15, 0.2) is 60.7 Å². The number of rotatable bonds is 7. The fourth-order valence-corrected chi connectivity index (χ4v) is 4.99. The van der Waals surface area contributed by atoms with Crippen molar-refractivity contribution < 1.29 is 19.1 Å². The molecular formula is C25H22Cl2N2O4S. The van der Waals surface area contributed by atoms with Gasteiger partial charge in [-0.3, -0.25) is 14.5 Å². The summed E-state index contributed by atoms with van der Waals surface area (Å²) in [5, 5.41) is 3.73. The van der Waals surface area contributed by atoms with Gasteiger partial charge in [-0.05, 0) is 66.6 Å². The topological polar surface area (TPSA) is 67.9 Å². The summed E-state index contributed by atoms with van der Waals surface area (Å²) in [6, 6.07) is 17.9. The molecule has 0 aromatic heterocycles. The van der Waals surface area contributed by atoms with Gasteiger partial charge in [-0.1, -0.05) is 35.3 Å². The Balaban J connectivity index is 1.46. The van der Waals surface area contributed by atoms with Crippen LogP contribution in [0.25, 0.3) is 0 Å². The van der Waals surface area contributed by atoms with E-state index in [0.29, 0.717) is 33.0 Å². The van der Waals surface area contributed by atoms with E-state index in [1.54, 1.807) is 35.2 Å². The SMILES string of the molecule is COc1cc([C@H]2SCC(=O)N2c2ccc(Cl)cc2)ccc1OCC(=O)Nc1ccc(C)c(Cl)c1. The van der Waals surface area contributed by atoms with Crippen LogP contribution in [-0.4, -0.2) is 31.3 Å². The van der Waals surface area contributed by atoms with Gasteiger partial charge in [0.25, 0.3) is 5.91 Å². The van der Waals surface area contributed by atoms with Crippen LogP contribution in [0.1, 0.15) is 16.5 Å². The Kier molecular flexibility index (Phi) is 7.56. The first kappa shape index (κ1) is 24.3. The quantitative estimate of drug-likeness (QED) is 0.410. The number of carbonyl (C=O) groups excluding carboxylic acids is 2. The molecule has 2 amide bonds. The molecule has 0 saturated carbocycles. The van der Waals surface area contributed by atoms with E-state index in [4.69, 9.17) is 32.7 Å². The molecule has 4 rings (SSSR count). The lowest BCUT2D eigenvalue weighted by Crippen LogP contribution is -2.27. The first-order valence-electron chi connectivity index (χ1n) is 10.4. The molecule has 1 aliphatic rings. The van der Waals surface area contributed by atoms with E-state index in [9.17, 15) is 9.59 Å². The van der Waals surface area contributed by atoms with Crippen LogP contribution in [-0.2, 0) is 9.59 Å². The fraction of sp³-hybridized carbons (Fsp3) is 0.200. The van der Waals surface area contributed by atoms with Crippen molar-refractivity contribution in [3.63, 3.8) is 0 Å². The third-order valence-corrected chi connectivity index (χ3v) is 7.13. The third kappa shape index (κ3) is 5.43. The maximum atomic E-state index is 12.6. The van der Waals surface area contributed by atoms with Gasteiger partial charge in [0.15, 0.2) is 18.1 Å². The molecule has 0 spiro atoms. The number of amides is 2. The van der Waals surface area contributed by atoms with Crippen LogP contribution < -0.4 is 19.7 Å². The zero-order chi connectivity index (χ0) is 24.2. The third-order valence-electron chi connectivity index (χ3n) is 5.26. The summed E-state index contributed by atoms with van der Waals surface area (Å²) in [5.74, 6) is 0.966. The van der Waals surface area contributed by atoms with Crippen molar-refractivity contribution in [1.29, 1.82) is 0 Å².